The van der Waals surface area contributed by atoms with Crippen LogP contribution in [-0.2, 0) is 19.9 Å². The quantitative estimate of drug-likeness (QED) is 0.288. The van der Waals surface area contributed by atoms with Crippen LogP contribution in [0.2, 0.25) is 0 Å². The summed E-state index contributed by atoms with van der Waals surface area (Å²) in [6.07, 6.45) is 0. The van der Waals surface area contributed by atoms with E-state index in [1.54, 1.807) is 55.5 Å². The number of aromatic nitrogens is 2. The largest absolute Gasteiger partial charge is 0.451 e. The van der Waals surface area contributed by atoms with E-state index in [4.69, 9.17) is 4.74 Å². The number of para-hydroxylation sites is 1. The number of nitrogens with one attached hydrogen (secondary N) is 2. The molecule has 0 aliphatic carbocycles. The number of esters is 1. The van der Waals surface area contributed by atoms with Crippen LogP contribution in [0.25, 0.3) is 16.3 Å². The highest BCUT2D eigenvalue weighted by atomic mass is 32.1. The number of ether oxygens (including phenoxy) is 1. The topological polar surface area (TPSA) is 123 Å². The summed E-state index contributed by atoms with van der Waals surface area (Å²) in [5, 5.41) is 9.62. The van der Waals surface area contributed by atoms with Crippen LogP contribution in [-0.4, -0.2) is 45.2 Å². The number of hydrogen-bond donors (Lipinski definition) is 2. The van der Waals surface area contributed by atoms with Gasteiger partial charge < -0.3 is 10.1 Å². The third kappa shape index (κ3) is 4.59. The molecule has 1 aliphatic rings. The number of benzene rings is 2. The molecule has 10 nitrogen and oxygen atoms in total. The predicted molar refractivity (Wildman–Crippen MR) is 134 cm³/mol. The van der Waals surface area contributed by atoms with Gasteiger partial charge in [-0.05, 0) is 36.1 Å². The molecule has 1 unspecified atom stereocenters. The molecule has 4 amide bonds. The molecule has 0 saturated carbocycles. The Morgan fingerprint density at radius 2 is 1.73 bits per heavy atom. The van der Waals surface area contributed by atoms with Crippen LogP contribution in [0.15, 0.2) is 84.2 Å². The van der Waals surface area contributed by atoms with Crippen LogP contribution in [0.1, 0.15) is 23.0 Å². The van der Waals surface area contributed by atoms with E-state index in [0.717, 1.165) is 4.88 Å². The van der Waals surface area contributed by atoms with Crippen molar-refractivity contribution in [2.75, 3.05) is 6.61 Å². The van der Waals surface area contributed by atoms with E-state index < -0.39 is 36.0 Å². The first-order chi connectivity index (χ1) is 17.9. The molecule has 1 atom stereocenters. The van der Waals surface area contributed by atoms with Gasteiger partial charge in [0, 0.05) is 6.07 Å². The molecule has 1 fully saturated rings. The van der Waals surface area contributed by atoms with Crippen molar-refractivity contribution >= 4 is 35.2 Å². The Labute approximate surface area is 215 Å². The van der Waals surface area contributed by atoms with E-state index in [9.17, 15) is 19.2 Å². The van der Waals surface area contributed by atoms with Crippen molar-refractivity contribution in [3.8, 4) is 16.3 Å². The number of nitrogens with zero attached hydrogens (tertiary/aromatic N) is 3. The lowest BCUT2D eigenvalue weighted by Gasteiger charge is -2.22. The number of thiophene rings is 1. The number of imide groups is 1. The van der Waals surface area contributed by atoms with Crippen molar-refractivity contribution in [1.29, 1.82) is 0 Å². The molecule has 37 heavy (non-hydrogen) atoms. The van der Waals surface area contributed by atoms with Crippen LogP contribution < -0.4 is 10.7 Å². The second-order valence-electron chi connectivity index (χ2n) is 8.31. The average molecular weight is 516 g/mol. The molecule has 2 aromatic carbocycles. The van der Waals surface area contributed by atoms with Crippen LogP contribution in [0.3, 0.4) is 0 Å². The molecular weight excluding hydrogens is 494 g/mol. The lowest BCUT2D eigenvalue weighted by atomic mass is 9.92. The monoisotopic (exact) mass is 515 g/mol. The van der Waals surface area contributed by atoms with Gasteiger partial charge >= 0.3 is 12.0 Å². The van der Waals surface area contributed by atoms with Crippen LogP contribution in [0.5, 0.6) is 0 Å². The zero-order valence-electron chi connectivity index (χ0n) is 19.6. The van der Waals surface area contributed by atoms with E-state index in [0.29, 0.717) is 22.0 Å². The molecule has 11 heteroatoms. The minimum atomic E-state index is -1.34. The van der Waals surface area contributed by atoms with E-state index in [-0.39, 0.29) is 5.69 Å². The number of hydrazine groups is 1. The smallest absolute Gasteiger partial charge is 0.357 e. The van der Waals surface area contributed by atoms with Crippen molar-refractivity contribution in [3.63, 3.8) is 0 Å². The van der Waals surface area contributed by atoms with Crippen molar-refractivity contribution in [2.45, 2.75) is 12.5 Å². The van der Waals surface area contributed by atoms with Crippen LogP contribution in [0.4, 0.5) is 4.79 Å². The van der Waals surface area contributed by atoms with Crippen molar-refractivity contribution in [2.24, 2.45) is 0 Å². The van der Waals surface area contributed by atoms with E-state index in [2.05, 4.69) is 15.8 Å². The molecule has 1 saturated heterocycles. The summed E-state index contributed by atoms with van der Waals surface area (Å²) in [6, 6.07) is 22.3. The molecule has 2 N–H and O–H groups in total. The number of amides is 4. The molecule has 2 aromatic heterocycles. The highest BCUT2D eigenvalue weighted by molar-refractivity contribution is 7.13. The summed E-state index contributed by atoms with van der Waals surface area (Å²) in [5.41, 5.74) is 2.77. The number of carbonyl (C=O) groups excluding carboxylic acids is 4. The minimum absolute atomic E-state index is 0.119. The Morgan fingerprint density at radius 1 is 1.03 bits per heavy atom. The highest BCUT2D eigenvalue weighted by Gasteiger charge is 2.50. The van der Waals surface area contributed by atoms with Crippen molar-refractivity contribution in [3.05, 3.63) is 95.5 Å². The Hall–Kier alpha value is -4.77. The Bertz CT molecular complexity index is 1470. The molecule has 4 aromatic rings. The lowest BCUT2D eigenvalue weighted by molar-refractivity contribution is -0.140. The molecule has 0 spiro atoms. The summed E-state index contributed by atoms with van der Waals surface area (Å²) in [5.74, 6) is -2.30. The average Bonchev–Trinajstić information content (AvgIpc) is 3.65. The second kappa shape index (κ2) is 9.70. The zero-order valence-corrected chi connectivity index (χ0v) is 20.4. The van der Waals surface area contributed by atoms with Gasteiger partial charge in [0.25, 0.3) is 11.8 Å². The number of urea groups is 1. The Balaban J connectivity index is 1.29. The molecular formula is C26H21N5O5S. The fraction of sp³-hybridized carbons (Fsp3) is 0.115. The maximum atomic E-state index is 13.0. The summed E-state index contributed by atoms with van der Waals surface area (Å²) in [4.78, 5) is 51.8. The van der Waals surface area contributed by atoms with Crippen molar-refractivity contribution in [1.82, 2.24) is 25.5 Å². The molecule has 5 rings (SSSR count). The number of hydrogen-bond acceptors (Lipinski definition) is 7. The van der Waals surface area contributed by atoms with E-state index in [1.165, 1.54) is 16.0 Å². The third-order valence-electron chi connectivity index (χ3n) is 5.81. The first kappa shape index (κ1) is 23.9. The van der Waals surface area contributed by atoms with Gasteiger partial charge in [0.1, 0.15) is 11.2 Å². The molecule has 0 radical (unpaired) electrons. The first-order valence-electron chi connectivity index (χ1n) is 11.2. The van der Waals surface area contributed by atoms with Gasteiger partial charge in [0.2, 0.25) is 0 Å². The maximum Gasteiger partial charge on any atom is 0.357 e. The van der Waals surface area contributed by atoms with Gasteiger partial charge in [-0.3, -0.25) is 15.0 Å². The summed E-state index contributed by atoms with van der Waals surface area (Å²) < 4.78 is 6.66. The Kier molecular flexibility index (Phi) is 6.28. The standard InChI is InChI=1S/C26H21N5O5S/c1-26(17-9-4-2-5-10-17)24(34)31(25(35)27-26)29-22(32)16-36-23(33)20-15-19(21-13-8-14-37-21)28-30(20)18-11-6-3-7-12-18/h2-15H,16H2,1H3,(H,27,35)(H,29,32). The predicted octanol–water partition coefficient (Wildman–Crippen LogP) is 3.26. The van der Waals surface area contributed by atoms with Crippen molar-refractivity contribution < 1.29 is 23.9 Å². The first-order valence-corrected chi connectivity index (χ1v) is 12.1. The number of rotatable bonds is 7. The highest BCUT2D eigenvalue weighted by Crippen LogP contribution is 2.28. The molecule has 1 aliphatic heterocycles. The van der Waals surface area contributed by atoms with Gasteiger partial charge in [-0.25, -0.2) is 14.3 Å². The fourth-order valence-electron chi connectivity index (χ4n) is 3.91. The normalized spacial score (nSPS) is 16.9. The minimum Gasteiger partial charge on any atom is -0.451 e. The van der Waals surface area contributed by atoms with Crippen LogP contribution >= 0.6 is 11.3 Å². The van der Waals surface area contributed by atoms with Gasteiger partial charge in [0.05, 0.1) is 10.6 Å². The Morgan fingerprint density at radius 3 is 2.41 bits per heavy atom. The molecule has 3 heterocycles. The molecule has 0 bridgehead atoms. The van der Waals surface area contributed by atoms with Gasteiger partial charge in [0.15, 0.2) is 12.3 Å². The summed E-state index contributed by atoms with van der Waals surface area (Å²) in [6.45, 7) is 0.830. The van der Waals surface area contributed by atoms with E-state index in [1.807, 2.05) is 35.7 Å². The van der Waals surface area contributed by atoms with Gasteiger partial charge in [-0.15, -0.1) is 11.3 Å². The SMILES string of the molecule is CC1(c2ccccc2)NC(=O)N(NC(=O)COC(=O)c2cc(-c3cccs3)nn2-c2ccccc2)C1=O. The van der Waals surface area contributed by atoms with Gasteiger partial charge in [-0.2, -0.15) is 10.1 Å². The zero-order chi connectivity index (χ0) is 26.0. The number of carbonyl (C=O) groups is 4. The second-order valence-corrected chi connectivity index (χ2v) is 9.26. The van der Waals surface area contributed by atoms with Crippen LogP contribution in [0, 0.1) is 0 Å². The maximum absolute atomic E-state index is 13.0. The summed E-state index contributed by atoms with van der Waals surface area (Å²) >= 11 is 1.47. The summed E-state index contributed by atoms with van der Waals surface area (Å²) in [7, 11) is 0. The fourth-order valence-corrected chi connectivity index (χ4v) is 4.59. The van der Waals surface area contributed by atoms with Gasteiger partial charge in [-0.1, -0.05) is 54.6 Å². The van der Waals surface area contributed by atoms with E-state index >= 15 is 0 Å². The third-order valence-corrected chi connectivity index (χ3v) is 6.70. The molecule has 186 valence electrons. The lowest BCUT2D eigenvalue weighted by Crippen LogP contribution is -2.49.